The SMILES string of the molecule is CCCC(=O)F.CCCc1c(N2CCNC(C)(C)C2)ccnc1C.COc1ccc(N=C(C)N)nc1. The Hall–Kier alpha value is -3.07. The Morgan fingerprint density at radius 1 is 1.25 bits per heavy atom. The van der Waals surface area contributed by atoms with Gasteiger partial charge in [-0.3, -0.25) is 9.78 Å². The van der Waals surface area contributed by atoms with E-state index in [1.807, 2.05) is 6.20 Å². The Morgan fingerprint density at radius 3 is 2.44 bits per heavy atom. The van der Waals surface area contributed by atoms with Crippen LogP contribution in [0.3, 0.4) is 0 Å². The molecule has 1 aliphatic heterocycles. The number of aryl methyl sites for hydroxylation is 1. The number of amidine groups is 1. The number of carbonyl (C=O) groups is 1. The highest BCUT2D eigenvalue weighted by molar-refractivity contribution is 5.79. The predicted octanol–water partition coefficient (Wildman–Crippen LogP) is 4.91. The maximum Gasteiger partial charge on any atom is 0.301 e. The molecule has 8 nitrogen and oxygen atoms in total. The zero-order valence-electron chi connectivity index (χ0n) is 22.9. The minimum Gasteiger partial charge on any atom is -0.495 e. The minimum absolute atomic E-state index is 0.0694. The number of methoxy groups -OCH3 is 1. The molecule has 0 spiro atoms. The van der Waals surface area contributed by atoms with Crippen molar-refractivity contribution in [2.24, 2.45) is 10.7 Å². The van der Waals surface area contributed by atoms with Crippen LogP contribution in [0, 0.1) is 6.92 Å². The summed E-state index contributed by atoms with van der Waals surface area (Å²) < 4.78 is 16.0. The lowest BCUT2D eigenvalue weighted by atomic mass is 9.99. The van der Waals surface area contributed by atoms with Gasteiger partial charge in [0.25, 0.3) is 0 Å². The van der Waals surface area contributed by atoms with Crippen molar-refractivity contribution in [1.29, 1.82) is 0 Å². The van der Waals surface area contributed by atoms with Crippen molar-refractivity contribution in [3.63, 3.8) is 0 Å². The van der Waals surface area contributed by atoms with E-state index >= 15 is 0 Å². The van der Waals surface area contributed by atoms with Crippen molar-refractivity contribution >= 4 is 23.4 Å². The molecule has 2 aromatic heterocycles. The minimum atomic E-state index is -1.21. The average molecular weight is 503 g/mol. The van der Waals surface area contributed by atoms with Crippen LogP contribution in [0.25, 0.3) is 0 Å². The number of aromatic nitrogens is 2. The largest absolute Gasteiger partial charge is 0.495 e. The van der Waals surface area contributed by atoms with E-state index < -0.39 is 6.04 Å². The van der Waals surface area contributed by atoms with E-state index in [-0.39, 0.29) is 12.0 Å². The molecule has 3 N–H and O–H groups in total. The van der Waals surface area contributed by atoms with E-state index in [1.165, 1.54) is 23.4 Å². The molecule has 0 amide bonds. The molecule has 9 heteroatoms. The van der Waals surface area contributed by atoms with E-state index in [2.05, 4.69) is 58.9 Å². The zero-order valence-corrected chi connectivity index (χ0v) is 22.9. The highest BCUT2D eigenvalue weighted by Gasteiger charge is 2.27. The van der Waals surface area contributed by atoms with Crippen molar-refractivity contribution < 1.29 is 13.9 Å². The van der Waals surface area contributed by atoms with E-state index in [0.29, 0.717) is 23.8 Å². The second-order valence-corrected chi connectivity index (χ2v) is 9.29. The molecule has 0 bridgehead atoms. The van der Waals surface area contributed by atoms with E-state index in [9.17, 15) is 9.18 Å². The highest BCUT2D eigenvalue weighted by Crippen LogP contribution is 2.26. The number of halogens is 1. The molecule has 0 aliphatic carbocycles. The van der Waals surface area contributed by atoms with Gasteiger partial charge >= 0.3 is 6.04 Å². The van der Waals surface area contributed by atoms with Gasteiger partial charge in [-0.2, -0.15) is 4.39 Å². The number of aliphatic imine (C=N–C) groups is 1. The molecule has 0 saturated carbocycles. The molecule has 1 saturated heterocycles. The summed E-state index contributed by atoms with van der Waals surface area (Å²) in [5.74, 6) is 1.80. The molecular weight excluding hydrogens is 459 g/mol. The Morgan fingerprint density at radius 2 is 1.97 bits per heavy atom. The fourth-order valence-electron chi connectivity index (χ4n) is 3.72. The molecule has 3 rings (SSSR count). The van der Waals surface area contributed by atoms with Crippen molar-refractivity contribution in [2.75, 3.05) is 31.6 Å². The van der Waals surface area contributed by atoms with Gasteiger partial charge in [-0.25, -0.2) is 9.98 Å². The number of anilines is 1. The van der Waals surface area contributed by atoms with Crippen LogP contribution in [0.15, 0.2) is 35.6 Å². The van der Waals surface area contributed by atoms with Crippen molar-refractivity contribution in [3.05, 3.63) is 41.9 Å². The first kappa shape index (κ1) is 31.0. The third kappa shape index (κ3) is 11.6. The molecule has 36 heavy (non-hydrogen) atoms. The van der Waals surface area contributed by atoms with Crippen LogP contribution in [-0.4, -0.2) is 54.1 Å². The summed E-state index contributed by atoms with van der Waals surface area (Å²) in [6.45, 7) is 15.6. The number of carbonyl (C=O) groups excluding carboxylic acids is 1. The molecule has 0 atom stereocenters. The van der Waals surface area contributed by atoms with Crippen molar-refractivity contribution in [3.8, 4) is 5.75 Å². The average Bonchev–Trinajstić information content (AvgIpc) is 2.81. The van der Waals surface area contributed by atoms with Crippen LogP contribution in [0.5, 0.6) is 5.75 Å². The van der Waals surface area contributed by atoms with Gasteiger partial charge in [0.2, 0.25) is 0 Å². The Bertz CT molecular complexity index is 959. The molecule has 1 aliphatic rings. The first-order chi connectivity index (χ1) is 17.0. The van der Waals surface area contributed by atoms with Gasteiger partial charge in [0.05, 0.1) is 19.1 Å². The molecule has 0 unspecified atom stereocenters. The van der Waals surface area contributed by atoms with E-state index in [0.717, 1.165) is 26.1 Å². The highest BCUT2D eigenvalue weighted by atomic mass is 19.1. The van der Waals surface area contributed by atoms with Crippen LogP contribution in [0.2, 0.25) is 0 Å². The van der Waals surface area contributed by atoms with Gasteiger partial charge in [-0.1, -0.05) is 20.3 Å². The first-order valence-electron chi connectivity index (χ1n) is 12.5. The van der Waals surface area contributed by atoms with E-state index in [4.69, 9.17) is 10.5 Å². The van der Waals surface area contributed by atoms with Crippen LogP contribution in [-0.2, 0) is 11.2 Å². The molecule has 3 heterocycles. The fraction of sp³-hybridized carbons (Fsp3) is 0.556. The molecular formula is C27H43FN6O2. The monoisotopic (exact) mass is 502 g/mol. The van der Waals surface area contributed by atoms with Crippen LogP contribution < -0.4 is 20.7 Å². The van der Waals surface area contributed by atoms with E-state index in [1.54, 1.807) is 39.3 Å². The Labute approximate surface area is 215 Å². The van der Waals surface area contributed by atoms with Gasteiger partial charge in [0, 0.05) is 49.2 Å². The van der Waals surface area contributed by atoms with Crippen LogP contribution in [0.1, 0.15) is 65.1 Å². The summed E-state index contributed by atoms with van der Waals surface area (Å²) in [4.78, 5) is 24.3. The smallest absolute Gasteiger partial charge is 0.301 e. The van der Waals surface area contributed by atoms with Gasteiger partial charge in [0.15, 0.2) is 5.82 Å². The second kappa shape index (κ2) is 15.8. The number of pyridine rings is 2. The van der Waals surface area contributed by atoms with Gasteiger partial charge < -0.3 is 20.7 Å². The lowest BCUT2D eigenvalue weighted by Gasteiger charge is -2.41. The van der Waals surface area contributed by atoms with Crippen LogP contribution in [0.4, 0.5) is 15.9 Å². The van der Waals surface area contributed by atoms with Crippen LogP contribution >= 0.6 is 0 Å². The Kier molecular flexibility index (Phi) is 13.6. The summed E-state index contributed by atoms with van der Waals surface area (Å²) in [5, 5.41) is 3.57. The normalized spacial score (nSPS) is 14.7. The van der Waals surface area contributed by atoms with Gasteiger partial charge in [-0.05, 0) is 64.3 Å². The summed E-state index contributed by atoms with van der Waals surface area (Å²) in [6.07, 6.45) is 6.52. The number of nitrogens with one attached hydrogen (secondary N) is 1. The van der Waals surface area contributed by atoms with Gasteiger partial charge in [-0.15, -0.1) is 0 Å². The first-order valence-corrected chi connectivity index (χ1v) is 12.5. The standard InChI is InChI=1S/C15H25N3.C8H11N3O.C4H7FO/c1-5-6-13-12(2)16-8-7-14(13)18-10-9-17-15(3,4)11-18;1-6(9)11-8-4-3-7(12-2)5-10-8;1-2-3-4(5)6/h7-8,17H,5-6,9-11H2,1-4H3;3-5H,1-2H3,(H2,9,10,11);2-3H2,1H3. The third-order valence-electron chi connectivity index (χ3n) is 5.35. The zero-order chi connectivity index (χ0) is 27.1. The summed E-state index contributed by atoms with van der Waals surface area (Å²) >= 11 is 0. The molecule has 0 aromatic carbocycles. The number of nitrogens with two attached hydrogens (primary N) is 1. The number of rotatable bonds is 7. The van der Waals surface area contributed by atoms with Gasteiger partial charge in [0.1, 0.15) is 5.75 Å². The topological polar surface area (TPSA) is 106 Å². The third-order valence-corrected chi connectivity index (χ3v) is 5.35. The number of piperazine rings is 1. The maximum atomic E-state index is 11.1. The summed E-state index contributed by atoms with van der Waals surface area (Å²) in [6, 6.07) is 4.50. The van der Waals surface area contributed by atoms with Crippen molar-refractivity contribution in [2.45, 2.75) is 72.8 Å². The predicted molar refractivity (Wildman–Crippen MR) is 146 cm³/mol. The van der Waals surface area contributed by atoms with Crippen molar-refractivity contribution in [1.82, 2.24) is 15.3 Å². The maximum absolute atomic E-state index is 11.1. The number of hydrogen-bond donors (Lipinski definition) is 2. The quantitative estimate of drug-likeness (QED) is 0.315. The fourth-order valence-corrected chi connectivity index (χ4v) is 3.72. The molecule has 0 radical (unpaired) electrons. The summed E-state index contributed by atoms with van der Waals surface area (Å²) in [7, 11) is 1.59. The number of nitrogens with zero attached hydrogens (tertiary/aromatic N) is 4. The molecule has 200 valence electrons. The second-order valence-electron chi connectivity index (χ2n) is 9.29. The lowest BCUT2D eigenvalue weighted by Crippen LogP contribution is -2.57. The number of hydrogen-bond acceptors (Lipinski definition) is 7. The Balaban J connectivity index is 0.000000310. The lowest BCUT2D eigenvalue weighted by molar-refractivity contribution is -0.129. The molecule has 1 fully saturated rings. The summed E-state index contributed by atoms with van der Waals surface area (Å²) in [5.41, 5.74) is 9.57. The molecule has 2 aromatic rings. The number of ether oxygens (including phenoxy) is 1.